The van der Waals surface area contributed by atoms with E-state index in [-0.39, 0.29) is 12.1 Å². The maximum Gasteiger partial charge on any atom is 0.337 e. The van der Waals surface area contributed by atoms with Crippen molar-refractivity contribution < 1.29 is 19.0 Å². The number of hydrogen-bond acceptors (Lipinski definition) is 5. The van der Waals surface area contributed by atoms with Crippen LogP contribution in [0, 0.1) is 0 Å². The lowest BCUT2D eigenvalue weighted by molar-refractivity contribution is -0.137. The van der Waals surface area contributed by atoms with Crippen molar-refractivity contribution in [3.63, 3.8) is 0 Å². The predicted molar refractivity (Wildman–Crippen MR) is 53.0 cm³/mol. The van der Waals surface area contributed by atoms with Crippen LogP contribution in [0.25, 0.3) is 0 Å². The first kappa shape index (κ1) is 15.3. The van der Waals surface area contributed by atoms with E-state index in [1.165, 1.54) is 6.08 Å². The number of rotatable bonds is 6. The van der Waals surface area contributed by atoms with E-state index < -0.39 is 5.97 Å². The van der Waals surface area contributed by atoms with Crippen molar-refractivity contribution >= 4 is 5.97 Å². The summed E-state index contributed by atoms with van der Waals surface area (Å²) in [6.45, 7) is 6.65. The average Bonchev–Trinajstić information content (AvgIpc) is 2.05. The second-order valence-corrected chi connectivity index (χ2v) is 2.08. The van der Waals surface area contributed by atoms with Crippen LogP contribution < -0.4 is 6.15 Å². The van der Waals surface area contributed by atoms with Crippen molar-refractivity contribution in [2.24, 2.45) is 0 Å². The summed E-state index contributed by atoms with van der Waals surface area (Å²) in [6.07, 6.45) is 1.20. The molecule has 0 aromatic carbocycles. The fourth-order valence-corrected chi connectivity index (χ4v) is 0.690. The first-order valence-corrected chi connectivity index (χ1v) is 4.38. The van der Waals surface area contributed by atoms with Gasteiger partial charge in [-0.25, -0.2) is 4.79 Å². The number of hydrogen-bond donors (Lipinski definition) is 1. The molecular weight excluding hydrogens is 186 g/mol. The molecule has 0 aromatic heterocycles. The smallest absolute Gasteiger partial charge is 0.337 e. The molecular formula is C9H19NO4. The summed E-state index contributed by atoms with van der Waals surface area (Å²) in [4.78, 5) is 10.9. The van der Waals surface area contributed by atoms with Crippen LogP contribution in [-0.4, -0.2) is 25.8 Å². The summed E-state index contributed by atoms with van der Waals surface area (Å²) in [6, 6.07) is 0. The third-order valence-corrected chi connectivity index (χ3v) is 1.10. The number of carbonyl (C=O) groups excluding carboxylic acids is 1. The molecule has 84 valence electrons. The number of carbonyl (C=O) groups is 1. The summed E-state index contributed by atoms with van der Waals surface area (Å²) < 4.78 is 14.8. The Morgan fingerprint density at radius 2 is 1.43 bits per heavy atom. The Morgan fingerprint density at radius 3 is 1.79 bits per heavy atom. The molecule has 0 aromatic rings. The minimum absolute atomic E-state index is 0. The maximum atomic E-state index is 10.9. The summed E-state index contributed by atoms with van der Waals surface area (Å²) in [5, 5.41) is 0. The van der Waals surface area contributed by atoms with E-state index in [2.05, 4.69) is 4.74 Å². The fourth-order valence-electron chi connectivity index (χ4n) is 0.690. The van der Waals surface area contributed by atoms with E-state index in [1.807, 2.05) is 13.8 Å². The van der Waals surface area contributed by atoms with E-state index in [4.69, 9.17) is 9.47 Å². The van der Waals surface area contributed by atoms with E-state index in [0.717, 1.165) is 0 Å². The average molecular weight is 205 g/mol. The molecule has 0 amide bonds. The molecule has 0 aliphatic carbocycles. The van der Waals surface area contributed by atoms with E-state index in [0.29, 0.717) is 19.8 Å². The molecule has 0 aliphatic heterocycles. The molecule has 5 nitrogen and oxygen atoms in total. The summed E-state index contributed by atoms with van der Waals surface area (Å²) >= 11 is 0. The van der Waals surface area contributed by atoms with Gasteiger partial charge in [-0.3, -0.25) is 0 Å². The lowest BCUT2D eigenvalue weighted by atomic mass is 10.6. The zero-order chi connectivity index (χ0) is 10.1. The van der Waals surface area contributed by atoms with Gasteiger partial charge in [0.25, 0.3) is 5.95 Å². The standard InChI is InChI=1S/C9H16O4.H3N/c1-4-11-8(10)7-9(12-5-2)13-6-3;/h7H,4-6H2,1-3H3;1H3. The second-order valence-electron chi connectivity index (χ2n) is 2.08. The van der Waals surface area contributed by atoms with Gasteiger partial charge in [-0.2, -0.15) is 0 Å². The highest BCUT2D eigenvalue weighted by Crippen LogP contribution is 2.00. The van der Waals surface area contributed by atoms with Gasteiger partial charge in [0.2, 0.25) is 0 Å². The van der Waals surface area contributed by atoms with Gasteiger partial charge in [-0.15, -0.1) is 0 Å². The molecule has 0 unspecified atom stereocenters. The van der Waals surface area contributed by atoms with Crippen LogP contribution in [0.5, 0.6) is 0 Å². The van der Waals surface area contributed by atoms with Gasteiger partial charge in [0.1, 0.15) is 6.08 Å². The van der Waals surface area contributed by atoms with E-state index in [1.54, 1.807) is 6.92 Å². The van der Waals surface area contributed by atoms with Crippen molar-refractivity contribution in [3.8, 4) is 0 Å². The Balaban J connectivity index is 0. The highest BCUT2D eigenvalue weighted by Gasteiger charge is 2.03. The lowest BCUT2D eigenvalue weighted by Crippen LogP contribution is -2.05. The van der Waals surface area contributed by atoms with Gasteiger partial charge in [-0.05, 0) is 20.8 Å². The van der Waals surface area contributed by atoms with Gasteiger partial charge in [0.15, 0.2) is 0 Å². The first-order chi connectivity index (χ1) is 6.24. The summed E-state index contributed by atoms with van der Waals surface area (Å²) in [7, 11) is 0. The largest absolute Gasteiger partial charge is 0.466 e. The Labute approximate surface area is 84.6 Å². The Kier molecular flexibility index (Phi) is 10.7. The monoisotopic (exact) mass is 205 g/mol. The molecule has 14 heavy (non-hydrogen) atoms. The minimum atomic E-state index is -0.445. The van der Waals surface area contributed by atoms with E-state index >= 15 is 0 Å². The maximum absolute atomic E-state index is 10.9. The zero-order valence-electron chi connectivity index (χ0n) is 9.04. The first-order valence-electron chi connectivity index (χ1n) is 4.38. The molecule has 0 aliphatic rings. The van der Waals surface area contributed by atoms with Crippen molar-refractivity contribution in [1.82, 2.24) is 6.15 Å². The molecule has 0 saturated carbocycles. The molecule has 0 saturated heterocycles. The van der Waals surface area contributed by atoms with Crippen LogP contribution in [0.4, 0.5) is 0 Å². The topological polar surface area (TPSA) is 79.8 Å². The van der Waals surface area contributed by atoms with Crippen LogP contribution in [0.3, 0.4) is 0 Å². The van der Waals surface area contributed by atoms with Crippen LogP contribution in [0.1, 0.15) is 20.8 Å². The highest BCUT2D eigenvalue weighted by molar-refractivity contribution is 5.82. The fraction of sp³-hybridized carbons (Fsp3) is 0.667. The molecule has 0 rings (SSSR count). The number of esters is 1. The lowest BCUT2D eigenvalue weighted by Gasteiger charge is -2.07. The third kappa shape index (κ3) is 7.42. The Hall–Kier alpha value is -1.23. The molecule has 0 bridgehead atoms. The van der Waals surface area contributed by atoms with Gasteiger partial charge >= 0.3 is 5.97 Å². The summed E-state index contributed by atoms with van der Waals surface area (Å²) in [5.41, 5.74) is 0. The van der Waals surface area contributed by atoms with Crippen molar-refractivity contribution in [2.75, 3.05) is 19.8 Å². The van der Waals surface area contributed by atoms with Crippen molar-refractivity contribution in [2.45, 2.75) is 20.8 Å². The van der Waals surface area contributed by atoms with Crippen LogP contribution >= 0.6 is 0 Å². The zero-order valence-corrected chi connectivity index (χ0v) is 9.04. The minimum Gasteiger partial charge on any atom is -0.466 e. The van der Waals surface area contributed by atoms with Gasteiger partial charge in [-0.1, -0.05) is 0 Å². The molecule has 0 heterocycles. The van der Waals surface area contributed by atoms with Gasteiger partial charge in [0, 0.05) is 0 Å². The van der Waals surface area contributed by atoms with Crippen molar-refractivity contribution in [1.29, 1.82) is 0 Å². The Morgan fingerprint density at radius 1 is 1.00 bits per heavy atom. The third-order valence-electron chi connectivity index (χ3n) is 1.10. The van der Waals surface area contributed by atoms with Crippen LogP contribution in [-0.2, 0) is 19.0 Å². The summed E-state index contributed by atoms with van der Waals surface area (Å²) in [5.74, 6) is -0.233. The quantitative estimate of drug-likeness (QED) is 0.405. The van der Waals surface area contributed by atoms with Gasteiger partial charge < -0.3 is 20.4 Å². The van der Waals surface area contributed by atoms with Crippen LogP contribution in [0.2, 0.25) is 0 Å². The normalized spacial score (nSPS) is 8.21. The van der Waals surface area contributed by atoms with Crippen LogP contribution in [0.15, 0.2) is 12.0 Å². The van der Waals surface area contributed by atoms with Gasteiger partial charge in [0.05, 0.1) is 19.8 Å². The molecule has 0 atom stereocenters. The molecule has 0 radical (unpaired) electrons. The SMILES string of the molecule is CCOC(=O)C=C(OCC)OCC.N. The van der Waals surface area contributed by atoms with E-state index in [9.17, 15) is 4.79 Å². The van der Waals surface area contributed by atoms with Crippen molar-refractivity contribution in [3.05, 3.63) is 12.0 Å². The highest BCUT2D eigenvalue weighted by atomic mass is 16.7. The molecule has 0 fully saturated rings. The number of ether oxygens (including phenoxy) is 3. The Bertz CT molecular complexity index is 172. The second kappa shape index (κ2) is 9.85. The predicted octanol–water partition coefficient (Wildman–Crippen LogP) is 1.63. The molecule has 3 N–H and O–H groups in total. The molecule has 5 heteroatoms. The molecule has 0 spiro atoms.